The van der Waals surface area contributed by atoms with Crippen LogP contribution in [-0.2, 0) is 11.2 Å². The Balaban J connectivity index is 1.94. The van der Waals surface area contributed by atoms with E-state index in [0.29, 0.717) is 12.8 Å². The van der Waals surface area contributed by atoms with Crippen molar-refractivity contribution in [3.8, 4) is 0 Å². The van der Waals surface area contributed by atoms with Crippen molar-refractivity contribution >= 4 is 5.91 Å². The van der Waals surface area contributed by atoms with E-state index < -0.39 is 12.1 Å². The summed E-state index contributed by atoms with van der Waals surface area (Å²) in [6.07, 6.45) is -1.79. The standard InChI is InChI=1S/C17H23F3N2O/c1-21-11-6-10-15(21)13-22(16(23)17(18,19)20)12-5-9-14-7-3-2-4-8-14/h2-4,7-8,15H,5-6,9-13H2,1H3/t15-/m0/s1. The predicted octanol–water partition coefficient (Wildman–Crippen LogP) is 3.10. The number of aryl methyl sites for hydroxylation is 1. The molecule has 1 aromatic rings. The Morgan fingerprint density at radius 1 is 1.30 bits per heavy atom. The number of hydrogen-bond acceptors (Lipinski definition) is 2. The third kappa shape index (κ3) is 5.23. The number of alkyl halides is 3. The molecule has 0 radical (unpaired) electrons. The van der Waals surface area contributed by atoms with E-state index in [0.717, 1.165) is 29.8 Å². The highest BCUT2D eigenvalue weighted by Gasteiger charge is 2.43. The molecule has 1 saturated heterocycles. The monoisotopic (exact) mass is 328 g/mol. The van der Waals surface area contributed by atoms with Crippen LogP contribution >= 0.6 is 0 Å². The van der Waals surface area contributed by atoms with Gasteiger partial charge in [0.1, 0.15) is 0 Å². The number of likely N-dealkylation sites (N-methyl/N-ethyl adjacent to an activating group) is 1. The molecule has 6 heteroatoms. The summed E-state index contributed by atoms with van der Waals surface area (Å²) < 4.78 is 38.4. The van der Waals surface area contributed by atoms with Crippen molar-refractivity contribution in [2.75, 3.05) is 26.7 Å². The molecule has 0 N–H and O–H groups in total. The lowest BCUT2D eigenvalue weighted by atomic mass is 10.1. The highest BCUT2D eigenvalue weighted by atomic mass is 19.4. The van der Waals surface area contributed by atoms with E-state index in [1.165, 1.54) is 0 Å². The number of carbonyl (C=O) groups excluding carboxylic acids is 1. The van der Waals surface area contributed by atoms with Crippen LogP contribution in [-0.4, -0.2) is 54.6 Å². The summed E-state index contributed by atoms with van der Waals surface area (Å²) in [7, 11) is 1.90. The van der Waals surface area contributed by atoms with Crippen LogP contribution in [0, 0.1) is 0 Å². The van der Waals surface area contributed by atoms with Gasteiger partial charge in [-0.05, 0) is 44.8 Å². The maximum Gasteiger partial charge on any atom is 0.471 e. The average Bonchev–Trinajstić information content (AvgIpc) is 2.91. The molecule has 0 aromatic heterocycles. The van der Waals surface area contributed by atoms with Gasteiger partial charge in [0.05, 0.1) is 0 Å². The van der Waals surface area contributed by atoms with E-state index in [4.69, 9.17) is 0 Å². The summed E-state index contributed by atoms with van der Waals surface area (Å²) in [4.78, 5) is 14.7. The molecule has 0 saturated carbocycles. The molecule has 0 bridgehead atoms. The third-order valence-corrected chi connectivity index (χ3v) is 4.37. The second kappa shape index (κ2) is 7.81. The van der Waals surface area contributed by atoms with Gasteiger partial charge >= 0.3 is 12.1 Å². The van der Waals surface area contributed by atoms with Gasteiger partial charge in [-0.15, -0.1) is 0 Å². The van der Waals surface area contributed by atoms with Gasteiger partial charge in [0.15, 0.2) is 0 Å². The van der Waals surface area contributed by atoms with Gasteiger partial charge < -0.3 is 9.80 Å². The zero-order chi connectivity index (χ0) is 16.9. The quantitative estimate of drug-likeness (QED) is 0.801. The summed E-state index contributed by atoms with van der Waals surface area (Å²) in [6, 6.07) is 9.63. The molecule has 23 heavy (non-hydrogen) atoms. The predicted molar refractivity (Wildman–Crippen MR) is 83.1 cm³/mol. The maximum atomic E-state index is 12.8. The van der Waals surface area contributed by atoms with Crippen molar-refractivity contribution in [1.29, 1.82) is 0 Å². The molecule has 1 fully saturated rings. The van der Waals surface area contributed by atoms with E-state index in [1.807, 2.05) is 42.3 Å². The van der Waals surface area contributed by atoms with Gasteiger partial charge in [0.25, 0.3) is 0 Å². The number of halogens is 3. The Morgan fingerprint density at radius 2 is 2.00 bits per heavy atom. The van der Waals surface area contributed by atoms with Crippen LogP contribution in [0.3, 0.4) is 0 Å². The molecule has 1 atom stereocenters. The van der Waals surface area contributed by atoms with Crippen LogP contribution in [0.5, 0.6) is 0 Å². The molecular formula is C17H23F3N2O. The fourth-order valence-corrected chi connectivity index (χ4v) is 3.04. The Bertz CT molecular complexity index is 504. The van der Waals surface area contributed by atoms with Gasteiger partial charge in [0, 0.05) is 19.1 Å². The SMILES string of the molecule is CN1CCC[C@H]1CN(CCCc1ccccc1)C(=O)C(F)(F)F. The zero-order valence-corrected chi connectivity index (χ0v) is 13.4. The van der Waals surface area contributed by atoms with Crippen LogP contribution in [0.1, 0.15) is 24.8 Å². The Labute approximate surface area is 135 Å². The summed E-state index contributed by atoms with van der Waals surface area (Å²) >= 11 is 0. The van der Waals surface area contributed by atoms with E-state index in [-0.39, 0.29) is 19.1 Å². The molecule has 1 aliphatic heterocycles. The molecule has 0 unspecified atom stereocenters. The molecule has 1 aromatic carbocycles. The maximum absolute atomic E-state index is 12.8. The van der Waals surface area contributed by atoms with E-state index in [9.17, 15) is 18.0 Å². The minimum Gasteiger partial charge on any atom is -0.333 e. The second-order valence-corrected chi connectivity index (χ2v) is 6.11. The van der Waals surface area contributed by atoms with Crippen molar-refractivity contribution in [3.05, 3.63) is 35.9 Å². The van der Waals surface area contributed by atoms with Crippen LogP contribution in [0.2, 0.25) is 0 Å². The van der Waals surface area contributed by atoms with Crippen LogP contribution in [0.25, 0.3) is 0 Å². The van der Waals surface area contributed by atoms with E-state index in [1.54, 1.807) is 0 Å². The molecule has 1 amide bonds. The average molecular weight is 328 g/mol. The first kappa shape index (κ1) is 17.8. The normalized spacial score (nSPS) is 19.0. The van der Waals surface area contributed by atoms with Crippen molar-refractivity contribution in [2.24, 2.45) is 0 Å². The lowest BCUT2D eigenvalue weighted by molar-refractivity contribution is -0.186. The first-order valence-corrected chi connectivity index (χ1v) is 7.98. The number of benzene rings is 1. The fraction of sp³-hybridized carbons (Fsp3) is 0.588. The number of rotatable bonds is 6. The number of carbonyl (C=O) groups is 1. The molecule has 0 spiro atoms. The number of nitrogens with zero attached hydrogens (tertiary/aromatic N) is 2. The van der Waals surface area contributed by atoms with Crippen molar-refractivity contribution in [3.63, 3.8) is 0 Å². The lowest BCUT2D eigenvalue weighted by Gasteiger charge is -2.29. The number of amides is 1. The molecule has 0 aliphatic carbocycles. The van der Waals surface area contributed by atoms with Gasteiger partial charge in [-0.25, -0.2) is 0 Å². The first-order valence-electron chi connectivity index (χ1n) is 7.98. The van der Waals surface area contributed by atoms with Gasteiger partial charge in [-0.3, -0.25) is 4.79 Å². The summed E-state index contributed by atoms with van der Waals surface area (Å²) in [5, 5.41) is 0. The minimum absolute atomic E-state index is 0.0259. The first-order chi connectivity index (χ1) is 10.9. The van der Waals surface area contributed by atoms with E-state index >= 15 is 0 Å². The van der Waals surface area contributed by atoms with Gasteiger partial charge in [-0.1, -0.05) is 30.3 Å². The smallest absolute Gasteiger partial charge is 0.333 e. The van der Waals surface area contributed by atoms with Crippen molar-refractivity contribution in [1.82, 2.24) is 9.80 Å². The largest absolute Gasteiger partial charge is 0.471 e. The lowest BCUT2D eigenvalue weighted by Crippen LogP contribution is -2.47. The molecular weight excluding hydrogens is 305 g/mol. The molecule has 2 rings (SSSR count). The van der Waals surface area contributed by atoms with Crippen LogP contribution < -0.4 is 0 Å². The van der Waals surface area contributed by atoms with Gasteiger partial charge in [0.2, 0.25) is 0 Å². The topological polar surface area (TPSA) is 23.6 Å². The number of likely N-dealkylation sites (tertiary alicyclic amines) is 1. The van der Waals surface area contributed by atoms with Crippen LogP contribution in [0.15, 0.2) is 30.3 Å². The van der Waals surface area contributed by atoms with Gasteiger partial charge in [-0.2, -0.15) is 13.2 Å². The second-order valence-electron chi connectivity index (χ2n) is 6.11. The molecule has 1 aliphatic rings. The fourth-order valence-electron chi connectivity index (χ4n) is 3.04. The summed E-state index contributed by atoms with van der Waals surface area (Å²) in [5.74, 6) is -1.72. The van der Waals surface area contributed by atoms with Crippen molar-refractivity contribution < 1.29 is 18.0 Å². The summed E-state index contributed by atoms with van der Waals surface area (Å²) in [6.45, 7) is 1.17. The molecule has 1 heterocycles. The highest BCUT2D eigenvalue weighted by Crippen LogP contribution is 2.22. The minimum atomic E-state index is -4.80. The van der Waals surface area contributed by atoms with Crippen LogP contribution in [0.4, 0.5) is 13.2 Å². The highest BCUT2D eigenvalue weighted by molar-refractivity contribution is 5.81. The molecule has 3 nitrogen and oxygen atoms in total. The molecule has 128 valence electrons. The number of hydrogen-bond donors (Lipinski definition) is 0. The Morgan fingerprint density at radius 3 is 2.57 bits per heavy atom. The van der Waals surface area contributed by atoms with Crippen molar-refractivity contribution in [2.45, 2.75) is 37.9 Å². The summed E-state index contributed by atoms with van der Waals surface area (Å²) in [5.41, 5.74) is 1.07. The Kier molecular flexibility index (Phi) is 6.04. The Hall–Kier alpha value is -1.56. The van der Waals surface area contributed by atoms with E-state index in [2.05, 4.69) is 0 Å². The third-order valence-electron chi connectivity index (χ3n) is 4.37. The zero-order valence-electron chi connectivity index (χ0n) is 13.4.